The van der Waals surface area contributed by atoms with Gasteiger partial charge < -0.3 is 5.32 Å². The van der Waals surface area contributed by atoms with E-state index < -0.39 is 0 Å². The second kappa shape index (κ2) is 6.18. The van der Waals surface area contributed by atoms with Crippen molar-refractivity contribution < 1.29 is 0 Å². The largest absolute Gasteiger partial charge is 0.314 e. The van der Waals surface area contributed by atoms with Crippen LogP contribution in [0.2, 0.25) is 0 Å². The average molecular weight is 340 g/mol. The molecule has 3 nitrogen and oxygen atoms in total. The number of aryl methyl sites for hydroxylation is 2. The van der Waals surface area contributed by atoms with Gasteiger partial charge in [-0.1, -0.05) is 13.3 Å². The van der Waals surface area contributed by atoms with Crippen molar-refractivity contribution in [1.29, 1.82) is 0 Å². The molecule has 1 N–H and O–H groups in total. The van der Waals surface area contributed by atoms with Gasteiger partial charge in [-0.05, 0) is 72.8 Å². The molecule has 3 rings (SSSR count). The van der Waals surface area contributed by atoms with Gasteiger partial charge in [-0.15, -0.1) is 0 Å². The molecule has 0 aromatic carbocycles. The summed E-state index contributed by atoms with van der Waals surface area (Å²) in [4.78, 5) is 0. The maximum Gasteiger partial charge on any atom is 0.0766 e. The lowest BCUT2D eigenvalue weighted by Gasteiger charge is -2.20. The van der Waals surface area contributed by atoms with Crippen LogP contribution in [-0.4, -0.2) is 22.4 Å². The molecule has 1 heterocycles. The molecule has 0 saturated heterocycles. The maximum atomic E-state index is 4.63. The molecule has 2 aliphatic rings. The first kappa shape index (κ1) is 14.6. The van der Waals surface area contributed by atoms with Gasteiger partial charge in [0.25, 0.3) is 0 Å². The summed E-state index contributed by atoms with van der Waals surface area (Å²) in [7, 11) is 2.09. The first-order valence-electron chi connectivity index (χ1n) is 8.12. The molecular weight excluding hydrogens is 314 g/mol. The van der Waals surface area contributed by atoms with Crippen LogP contribution in [-0.2, 0) is 19.9 Å². The van der Waals surface area contributed by atoms with Crippen LogP contribution in [0.25, 0.3) is 0 Å². The Labute approximate surface area is 130 Å². The molecular formula is C16H26BrN3. The van der Waals surface area contributed by atoms with E-state index >= 15 is 0 Å². The summed E-state index contributed by atoms with van der Waals surface area (Å²) in [5.41, 5.74) is 2.60. The molecule has 4 heteroatoms. The van der Waals surface area contributed by atoms with Gasteiger partial charge in [0.05, 0.1) is 15.9 Å². The fourth-order valence-corrected chi connectivity index (χ4v) is 4.32. The molecule has 2 unspecified atom stereocenters. The minimum atomic E-state index is 0.831. The zero-order valence-electron chi connectivity index (χ0n) is 12.7. The van der Waals surface area contributed by atoms with Crippen molar-refractivity contribution >= 4 is 15.9 Å². The molecule has 112 valence electrons. The van der Waals surface area contributed by atoms with Gasteiger partial charge in [0, 0.05) is 13.1 Å². The van der Waals surface area contributed by atoms with Gasteiger partial charge in [0.15, 0.2) is 0 Å². The van der Waals surface area contributed by atoms with E-state index in [9.17, 15) is 0 Å². The van der Waals surface area contributed by atoms with E-state index in [4.69, 9.17) is 0 Å². The Kier molecular flexibility index (Phi) is 4.51. The van der Waals surface area contributed by atoms with Gasteiger partial charge in [-0.2, -0.15) is 5.10 Å². The summed E-state index contributed by atoms with van der Waals surface area (Å²) in [6.45, 7) is 3.40. The first-order chi connectivity index (χ1) is 9.69. The number of nitrogens with one attached hydrogen (secondary N) is 1. The van der Waals surface area contributed by atoms with Crippen molar-refractivity contribution in [3.05, 3.63) is 15.9 Å². The van der Waals surface area contributed by atoms with E-state index in [1.165, 1.54) is 60.9 Å². The molecule has 2 fully saturated rings. The molecule has 0 radical (unpaired) electrons. The van der Waals surface area contributed by atoms with Gasteiger partial charge in [-0.3, -0.25) is 4.68 Å². The minimum Gasteiger partial charge on any atom is -0.314 e. The van der Waals surface area contributed by atoms with Crippen LogP contribution in [0.3, 0.4) is 0 Å². The van der Waals surface area contributed by atoms with Crippen molar-refractivity contribution in [2.75, 3.05) is 6.54 Å². The number of halogens is 1. The summed E-state index contributed by atoms with van der Waals surface area (Å²) in [6, 6.07) is 0.839. The van der Waals surface area contributed by atoms with Gasteiger partial charge in [0.2, 0.25) is 0 Å². The van der Waals surface area contributed by atoms with E-state index in [0.717, 1.165) is 24.3 Å². The third-order valence-corrected chi connectivity index (χ3v) is 5.94. The quantitative estimate of drug-likeness (QED) is 0.860. The van der Waals surface area contributed by atoms with Crippen molar-refractivity contribution in [1.82, 2.24) is 15.1 Å². The van der Waals surface area contributed by atoms with Gasteiger partial charge in [-0.25, -0.2) is 0 Å². The molecule has 2 saturated carbocycles. The predicted octanol–water partition coefficient (Wildman–Crippen LogP) is 3.46. The Morgan fingerprint density at radius 1 is 1.25 bits per heavy atom. The van der Waals surface area contributed by atoms with Gasteiger partial charge in [0.1, 0.15) is 0 Å². The molecule has 0 spiro atoms. The van der Waals surface area contributed by atoms with Crippen LogP contribution in [0.1, 0.15) is 50.4 Å². The summed E-state index contributed by atoms with van der Waals surface area (Å²) in [5.74, 6) is 1.69. The zero-order chi connectivity index (χ0) is 14.1. The van der Waals surface area contributed by atoms with E-state index in [2.05, 4.69) is 45.0 Å². The van der Waals surface area contributed by atoms with E-state index in [0.29, 0.717) is 0 Å². The number of hydrogen-bond donors (Lipinski definition) is 1. The molecule has 20 heavy (non-hydrogen) atoms. The summed E-state index contributed by atoms with van der Waals surface area (Å²) in [5, 5.41) is 8.36. The summed E-state index contributed by atoms with van der Waals surface area (Å²) >= 11 is 3.76. The number of aromatic nitrogens is 2. The fraction of sp³-hybridized carbons (Fsp3) is 0.812. The molecule has 0 amide bonds. The summed E-state index contributed by atoms with van der Waals surface area (Å²) in [6.07, 6.45) is 9.16. The highest BCUT2D eigenvalue weighted by Gasteiger charge is 2.31. The lowest BCUT2D eigenvalue weighted by molar-refractivity contribution is 0.357. The van der Waals surface area contributed by atoms with Crippen LogP contribution in [0.5, 0.6) is 0 Å². The third kappa shape index (κ3) is 3.11. The van der Waals surface area contributed by atoms with Crippen molar-refractivity contribution in [2.24, 2.45) is 18.9 Å². The lowest BCUT2D eigenvalue weighted by Crippen LogP contribution is -2.28. The standard InChI is InChI=1S/C16H26BrN3/c1-3-14-16(17)15(20(2)19-14)9-11-5-4-6-12(11)10-18-13-7-8-13/h11-13,18H,3-10H2,1-2H3. The van der Waals surface area contributed by atoms with E-state index in [1.807, 2.05) is 0 Å². The Bertz CT molecular complexity index is 465. The van der Waals surface area contributed by atoms with Crippen LogP contribution in [0.4, 0.5) is 0 Å². The zero-order valence-corrected chi connectivity index (χ0v) is 14.2. The van der Waals surface area contributed by atoms with Crippen LogP contribution in [0.15, 0.2) is 4.47 Å². The van der Waals surface area contributed by atoms with Crippen LogP contribution in [0, 0.1) is 11.8 Å². The third-order valence-electron chi connectivity index (χ3n) is 5.02. The Morgan fingerprint density at radius 3 is 2.65 bits per heavy atom. The Morgan fingerprint density at radius 2 is 2.00 bits per heavy atom. The molecule has 2 aliphatic carbocycles. The minimum absolute atomic E-state index is 0.831. The number of rotatable bonds is 6. The van der Waals surface area contributed by atoms with Crippen molar-refractivity contribution in [3.63, 3.8) is 0 Å². The molecule has 0 bridgehead atoms. The highest BCUT2D eigenvalue weighted by molar-refractivity contribution is 9.10. The summed E-state index contributed by atoms with van der Waals surface area (Å²) < 4.78 is 3.34. The second-order valence-electron chi connectivity index (χ2n) is 6.52. The first-order valence-corrected chi connectivity index (χ1v) is 8.92. The second-order valence-corrected chi connectivity index (χ2v) is 7.32. The SMILES string of the molecule is CCc1nn(C)c(CC2CCCC2CNC2CC2)c1Br. The molecule has 2 atom stereocenters. The maximum absolute atomic E-state index is 4.63. The number of hydrogen-bond acceptors (Lipinski definition) is 2. The topological polar surface area (TPSA) is 29.9 Å². The average Bonchev–Trinajstić information content (AvgIpc) is 3.11. The molecule has 0 aliphatic heterocycles. The number of nitrogens with zero attached hydrogens (tertiary/aromatic N) is 2. The van der Waals surface area contributed by atoms with Crippen LogP contribution >= 0.6 is 15.9 Å². The predicted molar refractivity (Wildman–Crippen MR) is 85.8 cm³/mol. The Hall–Kier alpha value is -0.350. The fourth-order valence-electron chi connectivity index (χ4n) is 3.55. The normalized spacial score (nSPS) is 26.4. The highest BCUT2D eigenvalue weighted by Crippen LogP contribution is 2.36. The van der Waals surface area contributed by atoms with E-state index in [-0.39, 0.29) is 0 Å². The molecule has 1 aromatic rings. The van der Waals surface area contributed by atoms with Gasteiger partial charge >= 0.3 is 0 Å². The van der Waals surface area contributed by atoms with Crippen LogP contribution < -0.4 is 5.32 Å². The van der Waals surface area contributed by atoms with E-state index in [1.54, 1.807) is 0 Å². The lowest BCUT2D eigenvalue weighted by atomic mass is 9.91. The van der Waals surface area contributed by atoms with Crippen molar-refractivity contribution in [2.45, 2.75) is 57.9 Å². The smallest absolute Gasteiger partial charge is 0.0766 e. The monoisotopic (exact) mass is 339 g/mol. The highest BCUT2D eigenvalue weighted by atomic mass is 79.9. The van der Waals surface area contributed by atoms with Crippen molar-refractivity contribution in [3.8, 4) is 0 Å². The molecule has 1 aromatic heterocycles. The Balaban J connectivity index is 1.64.